The zero-order valence-electron chi connectivity index (χ0n) is 16.2. The van der Waals surface area contributed by atoms with Gasteiger partial charge in [0.05, 0.1) is 23.0 Å². The Labute approximate surface area is 168 Å². The molecule has 9 heteroatoms. The monoisotopic (exact) mass is 419 g/mol. The lowest BCUT2D eigenvalue weighted by Gasteiger charge is -2.16. The summed E-state index contributed by atoms with van der Waals surface area (Å²) >= 11 is 0. The van der Waals surface area contributed by atoms with Gasteiger partial charge in [-0.05, 0) is 36.4 Å². The van der Waals surface area contributed by atoms with Crippen LogP contribution in [-0.4, -0.2) is 54.7 Å². The van der Waals surface area contributed by atoms with Gasteiger partial charge in [0.25, 0.3) is 0 Å². The maximum atomic E-state index is 14.5. The van der Waals surface area contributed by atoms with Crippen molar-refractivity contribution in [3.8, 4) is 5.75 Å². The average Bonchev–Trinajstić information content (AvgIpc) is 3.27. The fourth-order valence-electron chi connectivity index (χ4n) is 3.46. The van der Waals surface area contributed by atoms with Gasteiger partial charge in [-0.2, -0.15) is 4.31 Å². The fourth-order valence-corrected chi connectivity index (χ4v) is 4.92. The van der Waals surface area contributed by atoms with Gasteiger partial charge >= 0.3 is 0 Å². The third kappa shape index (κ3) is 3.73. The molecule has 0 radical (unpaired) electrons. The van der Waals surface area contributed by atoms with Gasteiger partial charge in [-0.25, -0.2) is 17.8 Å². The van der Waals surface area contributed by atoms with Crippen LogP contribution in [0.4, 0.5) is 4.39 Å². The molecule has 29 heavy (non-hydrogen) atoms. The molecular weight excluding hydrogens is 397 g/mol. The Morgan fingerprint density at radius 2 is 1.86 bits per heavy atom. The molecule has 0 bridgehead atoms. The Hall–Kier alpha value is -2.49. The SMILES string of the molecule is COc1ccc(S(=O)(=O)N2C[C@@H](F)[C@@H](OCc3nc4ccccc4n3C)C2)cc1. The molecule has 0 aliphatic carbocycles. The predicted octanol–water partition coefficient (Wildman–Crippen LogP) is 2.51. The fraction of sp³-hybridized carbons (Fsp3) is 0.350. The number of aryl methyl sites for hydroxylation is 1. The Bertz CT molecular complexity index is 1110. The maximum absolute atomic E-state index is 14.5. The number of halogens is 1. The number of fused-ring (bicyclic) bond motifs is 1. The van der Waals surface area contributed by atoms with E-state index < -0.39 is 22.3 Å². The van der Waals surface area contributed by atoms with Crippen LogP contribution in [0.1, 0.15) is 5.82 Å². The van der Waals surface area contributed by atoms with E-state index in [1.165, 1.54) is 19.2 Å². The summed E-state index contributed by atoms with van der Waals surface area (Å²) in [4.78, 5) is 4.60. The molecule has 7 nitrogen and oxygen atoms in total. The van der Waals surface area contributed by atoms with Gasteiger partial charge in [-0.3, -0.25) is 0 Å². The van der Waals surface area contributed by atoms with Crippen molar-refractivity contribution < 1.29 is 22.3 Å². The van der Waals surface area contributed by atoms with Gasteiger partial charge in [0.1, 0.15) is 30.5 Å². The molecular formula is C20H22FN3O4S. The van der Waals surface area contributed by atoms with E-state index in [2.05, 4.69) is 4.98 Å². The number of hydrogen-bond acceptors (Lipinski definition) is 5. The summed E-state index contributed by atoms with van der Waals surface area (Å²) in [6.45, 7) is -0.173. The number of imidazole rings is 1. The van der Waals surface area contributed by atoms with Gasteiger partial charge in [-0.15, -0.1) is 0 Å². The summed E-state index contributed by atoms with van der Waals surface area (Å²) < 4.78 is 54.0. The number of benzene rings is 2. The molecule has 1 saturated heterocycles. The van der Waals surface area contributed by atoms with E-state index >= 15 is 0 Å². The number of alkyl halides is 1. The third-order valence-electron chi connectivity index (χ3n) is 5.17. The Morgan fingerprint density at radius 1 is 1.14 bits per heavy atom. The first kappa shape index (κ1) is 19.8. The number of ether oxygens (including phenoxy) is 2. The number of para-hydroxylation sites is 2. The van der Waals surface area contributed by atoms with Crippen LogP contribution in [0.5, 0.6) is 5.75 Å². The molecule has 2 heterocycles. The lowest BCUT2D eigenvalue weighted by Crippen LogP contribution is -2.30. The van der Waals surface area contributed by atoms with Crippen LogP contribution in [0.25, 0.3) is 11.0 Å². The second kappa shape index (κ2) is 7.74. The number of methoxy groups -OCH3 is 1. The number of hydrogen-bond donors (Lipinski definition) is 0. The first-order chi connectivity index (χ1) is 13.9. The third-order valence-corrected chi connectivity index (χ3v) is 7.01. The highest BCUT2D eigenvalue weighted by atomic mass is 32.2. The summed E-state index contributed by atoms with van der Waals surface area (Å²) in [6, 6.07) is 13.7. The number of aromatic nitrogens is 2. The molecule has 0 amide bonds. The summed E-state index contributed by atoms with van der Waals surface area (Å²) in [7, 11) is -0.429. The average molecular weight is 419 g/mol. The van der Waals surface area contributed by atoms with Crippen LogP contribution < -0.4 is 4.74 Å². The summed E-state index contributed by atoms with van der Waals surface area (Å²) in [6.07, 6.45) is -2.25. The topological polar surface area (TPSA) is 73.7 Å². The van der Waals surface area contributed by atoms with Crippen molar-refractivity contribution in [1.82, 2.24) is 13.9 Å². The number of rotatable bonds is 6. The van der Waals surface area contributed by atoms with E-state index in [1.54, 1.807) is 12.1 Å². The first-order valence-corrected chi connectivity index (χ1v) is 10.6. The van der Waals surface area contributed by atoms with Crippen LogP contribution in [-0.2, 0) is 28.4 Å². The predicted molar refractivity (Wildman–Crippen MR) is 106 cm³/mol. The van der Waals surface area contributed by atoms with Crippen molar-refractivity contribution in [2.45, 2.75) is 23.8 Å². The molecule has 1 aliphatic heterocycles. The van der Waals surface area contributed by atoms with Gasteiger partial charge in [0.15, 0.2) is 0 Å². The molecule has 0 saturated carbocycles. The van der Waals surface area contributed by atoms with Crippen molar-refractivity contribution in [1.29, 1.82) is 0 Å². The lowest BCUT2D eigenvalue weighted by molar-refractivity contribution is 0.00895. The zero-order chi connectivity index (χ0) is 20.6. The maximum Gasteiger partial charge on any atom is 0.243 e. The van der Waals surface area contributed by atoms with Crippen molar-refractivity contribution in [2.24, 2.45) is 7.05 Å². The van der Waals surface area contributed by atoms with E-state index in [0.29, 0.717) is 11.6 Å². The minimum absolute atomic E-state index is 0.0422. The summed E-state index contributed by atoms with van der Waals surface area (Å²) in [5, 5.41) is 0. The lowest BCUT2D eigenvalue weighted by atomic mass is 10.3. The summed E-state index contributed by atoms with van der Waals surface area (Å²) in [5.74, 6) is 1.22. The molecule has 2 aromatic carbocycles. The largest absolute Gasteiger partial charge is 0.497 e. The van der Waals surface area contributed by atoms with Crippen LogP contribution in [0.2, 0.25) is 0 Å². The summed E-state index contributed by atoms with van der Waals surface area (Å²) in [5.41, 5.74) is 1.79. The van der Waals surface area contributed by atoms with Gasteiger partial charge < -0.3 is 14.0 Å². The minimum atomic E-state index is -3.80. The van der Waals surface area contributed by atoms with Crippen molar-refractivity contribution in [3.05, 3.63) is 54.4 Å². The standard InChI is InChI=1S/C20H22FN3O4S/c1-23-18-6-4-3-5-17(18)22-20(23)13-28-19-12-24(11-16(19)21)29(25,26)15-9-7-14(27-2)8-10-15/h3-10,16,19H,11-13H2,1-2H3/t16-,19+/m1/s1. The highest BCUT2D eigenvalue weighted by Gasteiger charge is 2.40. The van der Waals surface area contributed by atoms with E-state index in [0.717, 1.165) is 15.3 Å². The molecule has 1 aliphatic rings. The van der Waals surface area contributed by atoms with Crippen LogP contribution >= 0.6 is 0 Å². The molecule has 154 valence electrons. The minimum Gasteiger partial charge on any atom is -0.497 e. The molecule has 1 aromatic heterocycles. The highest BCUT2D eigenvalue weighted by molar-refractivity contribution is 7.89. The number of nitrogens with zero attached hydrogens (tertiary/aromatic N) is 3. The normalized spacial score (nSPS) is 20.4. The first-order valence-electron chi connectivity index (χ1n) is 9.20. The van der Waals surface area contributed by atoms with E-state index in [1.807, 2.05) is 35.9 Å². The number of sulfonamides is 1. The van der Waals surface area contributed by atoms with Crippen molar-refractivity contribution in [2.75, 3.05) is 20.2 Å². The quantitative estimate of drug-likeness (QED) is 0.614. The molecule has 0 spiro atoms. The van der Waals surface area contributed by atoms with E-state index in [-0.39, 0.29) is 24.6 Å². The molecule has 4 rings (SSSR count). The van der Waals surface area contributed by atoms with Gasteiger partial charge in [-0.1, -0.05) is 12.1 Å². The molecule has 1 fully saturated rings. The Kier molecular flexibility index (Phi) is 5.28. The van der Waals surface area contributed by atoms with Crippen LogP contribution in [0.15, 0.2) is 53.4 Å². The van der Waals surface area contributed by atoms with Crippen molar-refractivity contribution in [3.63, 3.8) is 0 Å². The van der Waals surface area contributed by atoms with Crippen LogP contribution in [0, 0.1) is 0 Å². The van der Waals surface area contributed by atoms with Crippen LogP contribution in [0.3, 0.4) is 0 Å². The second-order valence-electron chi connectivity index (χ2n) is 6.94. The molecule has 3 aromatic rings. The molecule has 0 unspecified atom stereocenters. The zero-order valence-corrected chi connectivity index (χ0v) is 17.0. The Balaban J connectivity index is 1.45. The van der Waals surface area contributed by atoms with E-state index in [9.17, 15) is 12.8 Å². The van der Waals surface area contributed by atoms with Gasteiger partial charge in [0, 0.05) is 20.1 Å². The van der Waals surface area contributed by atoms with E-state index in [4.69, 9.17) is 9.47 Å². The van der Waals surface area contributed by atoms with Crippen molar-refractivity contribution >= 4 is 21.1 Å². The Morgan fingerprint density at radius 3 is 2.55 bits per heavy atom. The highest BCUT2D eigenvalue weighted by Crippen LogP contribution is 2.26. The second-order valence-corrected chi connectivity index (χ2v) is 8.88. The molecule has 0 N–H and O–H groups in total. The van der Waals surface area contributed by atoms with Gasteiger partial charge in [0.2, 0.25) is 10.0 Å². The molecule has 2 atom stereocenters. The smallest absolute Gasteiger partial charge is 0.243 e.